The number of amides is 2. The molecule has 0 saturated heterocycles. The van der Waals surface area contributed by atoms with Gasteiger partial charge in [0.1, 0.15) is 5.70 Å². The van der Waals surface area contributed by atoms with Crippen molar-refractivity contribution in [2.75, 3.05) is 18.5 Å². The number of carbonyl (C=O) groups excluding carboxylic acids is 2. The van der Waals surface area contributed by atoms with Crippen LogP contribution in [-0.4, -0.2) is 29.9 Å². The van der Waals surface area contributed by atoms with Crippen LogP contribution in [0.1, 0.15) is 25.0 Å². The lowest BCUT2D eigenvalue weighted by atomic mass is 10.0. The van der Waals surface area contributed by atoms with Crippen LogP contribution in [0.15, 0.2) is 84.6 Å². The highest BCUT2D eigenvalue weighted by Crippen LogP contribution is 2.35. The van der Waals surface area contributed by atoms with Gasteiger partial charge in [0, 0.05) is 11.8 Å². The normalized spacial score (nSPS) is 13.5. The molecule has 4 rings (SSSR count). The molecule has 0 atom stereocenters. The highest BCUT2D eigenvalue weighted by atomic mass is 16.5. The lowest BCUT2D eigenvalue weighted by Crippen LogP contribution is -2.31. The largest absolute Gasteiger partial charge is 0.490 e. The van der Waals surface area contributed by atoms with Gasteiger partial charge < -0.3 is 14.8 Å². The fourth-order valence-electron chi connectivity index (χ4n) is 3.75. The number of nitrogens with one attached hydrogen (secondary N) is 1. The monoisotopic (exact) mass is 442 g/mol. The molecule has 0 aliphatic carbocycles. The van der Waals surface area contributed by atoms with Crippen LogP contribution in [0.3, 0.4) is 0 Å². The smallest absolute Gasteiger partial charge is 0.278 e. The third-order valence-electron chi connectivity index (χ3n) is 5.23. The van der Waals surface area contributed by atoms with Crippen LogP contribution in [-0.2, 0) is 16.1 Å². The second kappa shape index (κ2) is 10.0. The maximum atomic E-state index is 13.4. The molecular formula is C27H26N2O4. The average Bonchev–Trinajstić information content (AvgIpc) is 3.06. The summed E-state index contributed by atoms with van der Waals surface area (Å²) in [6.45, 7) is 4.99. The van der Waals surface area contributed by atoms with Gasteiger partial charge in [-0.05, 0) is 37.1 Å². The number of anilines is 1. The third-order valence-corrected chi connectivity index (χ3v) is 5.23. The minimum absolute atomic E-state index is 0.202. The van der Waals surface area contributed by atoms with Gasteiger partial charge in [0.2, 0.25) is 0 Å². The maximum absolute atomic E-state index is 13.4. The molecule has 0 radical (unpaired) electrons. The molecule has 6 heteroatoms. The number of ether oxygens (including phenoxy) is 2. The molecule has 6 nitrogen and oxygen atoms in total. The topological polar surface area (TPSA) is 67.9 Å². The van der Waals surface area contributed by atoms with Gasteiger partial charge in [-0.25, -0.2) is 0 Å². The first-order chi connectivity index (χ1) is 16.1. The lowest BCUT2D eigenvalue weighted by molar-refractivity contribution is -0.137. The van der Waals surface area contributed by atoms with Crippen LogP contribution in [0.2, 0.25) is 0 Å². The molecule has 0 bridgehead atoms. The van der Waals surface area contributed by atoms with E-state index >= 15 is 0 Å². The molecule has 1 heterocycles. The summed E-state index contributed by atoms with van der Waals surface area (Å²) < 4.78 is 11.3. The molecule has 0 unspecified atom stereocenters. The predicted molar refractivity (Wildman–Crippen MR) is 128 cm³/mol. The summed E-state index contributed by atoms with van der Waals surface area (Å²) in [5.74, 6) is 0.508. The van der Waals surface area contributed by atoms with E-state index in [2.05, 4.69) is 5.32 Å². The van der Waals surface area contributed by atoms with Gasteiger partial charge in [-0.3, -0.25) is 14.5 Å². The van der Waals surface area contributed by atoms with Gasteiger partial charge in [0.15, 0.2) is 11.5 Å². The third kappa shape index (κ3) is 4.75. The van der Waals surface area contributed by atoms with E-state index in [0.717, 1.165) is 5.56 Å². The van der Waals surface area contributed by atoms with E-state index in [1.165, 1.54) is 4.90 Å². The first-order valence-corrected chi connectivity index (χ1v) is 11.0. The molecule has 1 aliphatic rings. The SMILES string of the molecule is CCOc1ccc(NC2=C(c3ccccc3)C(=O)N(Cc3ccccc3)C2=O)cc1OCC. The number of rotatable bonds is 9. The summed E-state index contributed by atoms with van der Waals surface area (Å²) in [5, 5.41) is 3.19. The van der Waals surface area contributed by atoms with Crippen molar-refractivity contribution in [3.63, 3.8) is 0 Å². The van der Waals surface area contributed by atoms with Gasteiger partial charge >= 0.3 is 0 Å². The summed E-state index contributed by atoms with van der Waals surface area (Å²) in [6, 6.07) is 24.1. The van der Waals surface area contributed by atoms with E-state index in [9.17, 15) is 9.59 Å². The molecule has 1 aliphatic heterocycles. The predicted octanol–water partition coefficient (Wildman–Crippen LogP) is 4.88. The number of benzene rings is 3. The molecule has 0 fully saturated rings. The Balaban J connectivity index is 1.71. The average molecular weight is 443 g/mol. The van der Waals surface area contributed by atoms with Gasteiger partial charge in [0.25, 0.3) is 11.8 Å². The Morgan fingerprint density at radius 2 is 1.39 bits per heavy atom. The Hall–Kier alpha value is -4.06. The van der Waals surface area contributed by atoms with E-state index in [1.54, 1.807) is 18.2 Å². The van der Waals surface area contributed by atoms with Crippen molar-refractivity contribution in [1.82, 2.24) is 4.90 Å². The van der Waals surface area contributed by atoms with Crippen molar-refractivity contribution in [3.05, 3.63) is 95.7 Å². The summed E-state index contributed by atoms with van der Waals surface area (Å²) >= 11 is 0. The van der Waals surface area contributed by atoms with Crippen LogP contribution >= 0.6 is 0 Å². The number of carbonyl (C=O) groups is 2. The number of imide groups is 1. The van der Waals surface area contributed by atoms with Crippen molar-refractivity contribution in [2.24, 2.45) is 0 Å². The van der Waals surface area contributed by atoms with Crippen molar-refractivity contribution >= 4 is 23.1 Å². The zero-order valence-corrected chi connectivity index (χ0v) is 18.7. The fraction of sp³-hybridized carbons (Fsp3) is 0.185. The number of hydrogen-bond donors (Lipinski definition) is 1. The quantitative estimate of drug-likeness (QED) is 0.479. The molecule has 0 spiro atoms. The zero-order valence-electron chi connectivity index (χ0n) is 18.7. The molecule has 1 N–H and O–H groups in total. The molecule has 33 heavy (non-hydrogen) atoms. The number of hydrogen-bond acceptors (Lipinski definition) is 5. The molecule has 3 aromatic carbocycles. The fourth-order valence-corrected chi connectivity index (χ4v) is 3.75. The molecular weight excluding hydrogens is 416 g/mol. The summed E-state index contributed by atoms with van der Waals surface area (Å²) in [4.78, 5) is 28.1. The Morgan fingerprint density at radius 3 is 2.06 bits per heavy atom. The van der Waals surface area contributed by atoms with E-state index in [-0.39, 0.29) is 24.1 Å². The lowest BCUT2D eigenvalue weighted by Gasteiger charge is -2.16. The van der Waals surface area contributed by atoms with Crippen LogP contribution in [0.5, 0.6) is 11.5 Å². The Kier molecular flexibility index (Phi) is 6.74. The van der Waals surface area contributed by atoms with Crippen molar-refractivity contribution < 1.29 is 19.1 Å². The maximum Gasteiger partial charge on any atom is 0.278 e. The van der Waals surface area contributed by atoms with Crippen LogP contribution in [0, 0.1) is 0 Å². The Labute approximate surface area is 193 Å². The first-order valence-electron chi connectivity index (χ1n) is 11.0. The van der Waals surface area contributed by atoms with E-state index in [1.807, 2.05) is 74.5 Å². The highest BCUT2D eigenvalue weighted by Gasteiger charge is 2.39. The summed E-state index contributed by atoms with van der Waals surface area (Å²) in [5.41, 5.74) is 2.79. The van der Waals surface area contributed by atoms with E-state index in [0.29, 0.717) is 41.5 Å². The molecule has 0 aromatic heterocycles. The van der Waals surface area contributed by atoms with Gasteiger partial charge in [0.05, 0.1) is 25.3 Å². The second-order valence-electron chi connectivity index (χ2n) is 7.45. The number of nitrogens with zero attached hydrogens (tertiary/aromatic N) is 1. The molecule has 168 valence electrons. The molecule has 0 saturated carbocycles. The summed E-state index contributed by atoms with van der Waals surface area (Å²) in [6.07, 6.45) is 0. The minimum atomic E-state index is -0.366. The van der Waals surface area contributed by atoms with E-state index < -0.39 is 0 Å². The standard InChI is InChI=1S/C27H26N2O4/c1-3-32-22-16-15-21(17-23(22)33-4-2)28-25-24(20-13-9-6-10-14-20)26(30)29(27(25)31)18-19-11-7-5-8-12-19/h5-17,28H,3-4,18H2,1-2H3. The zero-order chi connectivity index (χ0) is 23.2. The van der Waals surface area contributed by atoms with Crippen molar-refractivity contribution in [1.29, 1.82) is 0 Å². The molecule has 2 amide bonds. The van der Waals surface area contributed by atoms with Gasteiger partial charge in [-0.1, -0.05) is 60.7 Å². The van der Waals surface area contributed by atoms with Crippen molar-refractivity contribution in [2.45, 2.75) is 20.4 Å². The van der Waals surface area contributed by atoms with Gasteiger partial charge in [-0.15, -0.1) is 0 Å². The minimum Gasteiger partial charge on any atom is -0.490 e. The first kappa shape index (κ1) is 22.1. The van der Waals surface area contributed by atoms with Crippen LogP contribution in [0.4, 0.5) is 5.69 Å². The van der Waals surface area contributed by atoms with Crippen LogP contribution in [0.25, 0.3) is 5.57 Å². The van der Waals surface area contributed by atoms with Crippen LogP contribution < -0.4 is 14.8 Å². The van der Waals surface area contributed by atoms with Crippen molar-refractivity contribution in [3.8, 4) is 11.5 Å². The second-order valence-corrected chi connectivity index (χ2v) is 7.45. The Bertz CT molecular complexity index is 1170. The van der Waals surface area contributed by atoms with Gasteiger partial charge in [-0.2, -0.15) is 0 Å². The highest BCUT2D eigenvalue weighted by molar-refractivity contribution is 6.36. The Morgan fingerprint density at radius 1 is 0.758 bits per heavy atom. The van der Waals surface area contributed by atoms with E-state index in [4.69, 9.17) is 9.47 Å². The summed E-state index contributed by atoms with van der Waals surface area (Å²) in [7, 11) is 0. The molecule has 3 aromatic rings.